The molecule has 1 atom stereocenters. The van der Waals surface area contributed by atoms with Crippen LogP contribution in [-0.4, -0.2) is 24.3 Å². The minimum atomic E-state index is 0.770. The monoisotopic (exact) mass is 243 g/mol. The molecule has 0 aliphatic carbocycles. The van der Waals surface area contributed by atoms with Gasteiger partial charge in [-0.05, 0) is 31.7 Å². The molecule has 0 amide bonds. The van der Waals surface area contributed by atoms with Gasteiger partial charge < -0.3 is 4.90 Å². The molecule has 0 bridgehead atoms. The normalized spacial score (nSPS) is 20.3. The lowest BCUT2D eigenvalue weighted by molar-refractivity contribution is 0.446. The van der Waals surface area contributed by atoms with Gasteiger partial charge in [-0.3, -0.25) is 0 Å². The molecule has 1 fully saturated rings. The standard InChI is InChI=1S/C15H21N3/c1-4-8-16-15-13(3)14(7-9-17-15)18-10-5-6-12(2)11-18/h4,7-9,12H,1,5-6,10-11H2,2-3H3/b16-8-. The van der Waals surface area contributed by atoms with Crippen LogP contribution in [0.4, 0.5) is 11.5 Å². The van der Waals surface area contributed by atoms with Gasteiger partial charge in [0.25, 0.3) is 0 Å². The number of piperidine rings is 1. The molecule has 1 aromatic heterocycles. The first-order chi connectivity index (χ1) is 8.72. The van der Waals surface area contributed by atoms with Crippen LogP contribution in [0.3, 0.4) is 0 Å². The summed E-state index contributed by atoms with van der Waals surface area (Å²) in [5.74, 6) is 1.57. The van der Waals surface area contributed by atoms with Gasteiger partial charge in [-0.25, -0.2) is 9.98 Å². The zero-order valence-corrected chi connectivity index (χ0v) is 11.3. The Labute approximate surface area is 109 Å². The molecule has 18 heavy (non-hydrogen) atoms. The minimum absolute atomic E-state index is 0.770. The van der Waals surface area contributed by atoms with E-state index in [0.717, 1.165) is 30.4 Å². The Morgan fingerprint density at radius 3 is 3.11 bits per heavy atom. The van der Waals surface area contributed by atoms with Crippen molar-refractivity contribution >= 4 is 17.7 Å². The Morgan fingerprint density at radius 2 is 2.39 bits per heavy atom. The third kappa shape index (κ3) is 2.78. The van der Waals surface area contributed by atoms with Gasteiger partial charge in [0.2, 0.25) is 0 Å². The highest BCUT2D eigenvalue weighted by Gasteiger charge is 2.18. The fourth-order valence-electron chi connectivity index (χ4n) is 2.52. The Kier molecular flexibility index (Phi) is 4.13. The zero-order valence-electron chi connectivity index (χ0n) is 11.3. The van der Waals surface area contributed by atoms with Crippen molar-refractivity contribution < 1.29 is 0 Å². The van der Waals surface area contributed by atoms with Crippen LogP contribution in [-0.2, 0) is 0 Å². The first kappa shape index (κ1) is 12.8. The summed E-state index contributed by atoms with van der Waals surface area (Å²) < 4.78 is 0. The summed E-state index contributed by atoms with van der Waals surface area (Å²) in [6.45, 7) is 10.3. The van der Waals surface area contributed by atoms with Crippen molar-refractivity contribution in [1.82, 2.24) is 4.98 Å². The van der Waals surface area contributed by atoms with E-state index in [2.05, 4.69) is 41.4 Å². The molecule has 1 saturated heterocycles. The molecule has 0 radical (unpaired) electrons. The van der Waals surface area contributed by atoms with Gasteiger partial charge >= 0.3 is 0 Å². The molecule has 0 N–H and O–H groups in total. The Balaban J connectivity index is 2.27. The molecule has 1 aliphatic heterocycles. The number of rotatable bonds is 3. The van der Waals surface area contributed by atoms with E-state index in [1.165, 1.54) is 18.5 Å². The average molecular weight is 243 g/mol. The van der Waals surface area contributed by atoms with Crippen molar-refractivity contribution in [3.05, 3.63) is 30.5 Å². The van der Waals surface area contributed by atoms with Gasteiger partial charge in [-0.15, -0.1) is 0 Å². The van der Waals surface area contributed by atoms with Crippen LogP contribution in [0.15, 0.2) is 29.9 Å². The van der Waals surface area contributed by atoms with E-state index in [4.69, 9.17) is 0 Å². The van der Waals surface area contributed by atoms with E-state index in [0.29, 0.717) is 0 Å². The fraction of sp³-hybridized carbons (Fsp3) is 0.467. The Morgan fingerprint density at radius 1 is 1.56 bits per heavy atom. The van der Waals surface area contributed by atoms with Gasteiger partial charge in [-0.2, -0.15) is 0 Å². The van der Waals surface area contributed by atoms with Crippen LogP contribution in [0, 0.1) is 12.8 Å². The van der Waals surface area contributed by atoms with Crippen molar-refractivity contribution in [2.24, 2.45) is 10.9 Å². The number of aromatic nitrogens is 1. The van der Waals surface area contributed by atoms with Crippen molar-refractivity contribution in [2.45, 2.75) is 26.7 Å². The molecule has 2 rings (SSSR count). The maximum absolute atomic E-state index is 4.32. The SMILES string of the molecule is C=C/C=N\c1nccc(N2CCCC(C)C2)c1C. The van der Waals surface area contributed by atoms with Crippen LogP contribution >= 0.6 is 0 Å². The number of hydrogen-bond acceptors (Lipinski definition) is 3. The summed E-state index contributed by atoms with van der Waals surface area (Å²) in [6.07, 6.45) is 7.82. The number of hydrogen-bond donors (Lipinski definition) is 0. The van der Waals surface area contributed by atoms with Crippen LogP contribution in [0.5, 0.6) is 0 Å². The topological polar surface area (TPSA) is 28.5 Å². The van der Waals surface area contributed by atoms with Gasteiger partial charge in [0.1, 0.15) is 0 Å². The summed E-state index contributed by atoms with van der Waals surface area (Å²) in [5.41, 5.74) is 2.43. The second-order valence-electron chi connectivity index (χ2n) is 4.99. The largest absolute Gasteiger partial charge is 0.371 e. The summed E-state index contributed by atoms with van der Waals surface area (Å²) in [5, 5.41) is 0. The molecule has 3 nitrogen and oxygen atoms in total. The number of nitrogens with zero attached hydrogens (tertiary/aromatic N) is 3. The maximum atomic E-state index is 4.32. The van der Waals surface area contributed by atoms with Crippen LogP contribution in [0.1, 0.15) is 25.3 Å². The summed E-state index contributed by atoms with van der Waals surface area (Å²) >= 11 is 0. The fourth-order valence-corrected chi connectivity index (χ4v) is 2.52. The van der Waals surface area contributed by atoms with Gasteiger partial charge in [0, 0.05) is 36.8 Å². The molecule has 96 valence electrons. The molecule has 0 spiro atoms. The van der Waals surface area contributed by atoms with Crippen LogP contribution < -0.4 is 4.90 Å². The van der Waals surface area contributed by atoms with Crippen LogP contribution in [0.2, 0.25) is 0 Å². The average Bonchev–Trinajstić information content (AvgIpc) is 2.37. The quantitative estimate of drug-likeness (QED) is 0.760. The highest BCUT2D eigenvalue weighted by molar-refractivity contribution is 5.74. The third-order valence-electron chi connectivity index (χ3n) is 3.45. The lowest BCUT2D eigenvalue weighted by atomic mass is 9.99. The number of pyridine rings is 1. The number of anilines is 1. The van der Waals surface area contributed by atoms with E-state index in [1.54, 1.807) is 12.3 Å². The molecule has 1 aromatic rings. The minimum Gasteiger partial charge on any atom is -0.371 e. The molecule has 1 unspecified atom stereocenters. The zero-order chi connectivity index (χ0) is 13.0. The molecule has 0 aromatic carbocycles. The van der Waals surface area contributed by atoms with Crippen molar-refractivity contribution in [3.63, 3.8) is 0 Å². The number of allylic oxidation sites excluding steroid dienone is 1. The van der Waals surface area contributed by atoms with E-state index >= 15 is 0 Å². The predicted molar refractivity (Wildman–Crippen MR) is 77.9 cm³/mol. The molecule has 2 heterocycles. The lowest BCUT2D eigenvalue weighted by Gasteiger charge is -2.33. The molecule has 0 saturated carbocycles. The van der Waals surface area contributed by atoms with Gasteiger partial charge in [-0.1, -0.05) is 19.6 Å². The molecular formula is C15H21N3. The molecule has 1 aliphatic rings. The maximum Gasteiger partial charge on any atom is 0.156 e. The first-order valence-electron chi connectivity index (χ1n) is 6.58. The summed E-state index contributed by atoms with van der Waals surface area (Å²) in [4.78, 5) is 11.1. The predicted octanol–water partition coefficient (Wildman–Crippen LogP) is 3.51. The van der Waals surface area contributed by atoms with E-state index in [-0.39, 0.29) is 0 Å². The second-order valence-corrected chi connectivity index (χ2v) is 4.99. The van der Waals surface area contributed by atoms with Gasteiger partial charge in [0.15, 0.2) is 5.82 Å². The summed E-state index contributed by atoms with van der Waals surface area (Å²) in [7, 11) is 0. The first-order valence-corrected chi connectivity index (χ1v) is 6.58. The highest BCUT2D eigenvalue weighted by atomic mass is 15.1. The second kappa shape index (κ2) is 5.80. The van der Waals surface area contributed by atoms with E-state index < -0.39 is 0 Å². The van der Waals surface area contributed by atoms with Gasteiger partial charge in [0.05, 0.1) is 0 Å². The molecular weight excluding hydrogens is 222 g/mol. The molecule has 3 heteroatoms. The van der Waals surface area contributed by atoms with E-state index in [1.807, 2.05) is 6.20 Å². The van der Waals surface area contributed by atoms with Crippen molar-refractivity contribution in [1.29, 1.82) is 0 Å². The van der Waals surface area contributed by atoms with Crippen LogP contribution in [0.25, 0.3) is 0 Å². The summed E-state index contributed by atoms with van der Waals surface area (Å²) in [6, 6.07) is 2.10. The Hall–Kier alpha value is -1.64. The van der Waals surface area contributed by atoms with Crippen molar-refractivity contribution in [2.75, 3.05) is 18.0 Å². The number of aliphatic imine (C=N–C) groups is 1. The van der Waals surface area contributed by atoms with Crippen molar-refractivity contribution in [3.8, 4) is 0 Å². The third-order valence-corrected chi connectivity index (χ3v) is 3.45. The van der Waals surface area contributed by atoms with E-state index in [9.17, 15) is 0 Å². The smallest absolute Gasteiger partial charge is 0.156 e. The highest BCUT2D eigenvalue weighted by Crippen LogP contribution is 2.29. The Bertz CT molecular complexity index is 451. The lowest BCUT2D eigenvalue weighted by Crippen LogP contribution is -2.34.